The van der Waals surface area contributed by atoms with Crippen LogP contribution in [0.5, 0.6) is 0 Å². The van der Waals surface area contributed by atoms with Crippen LogP contribution < -0.4 is 0 Å². The molecule has 3 rings (SSSR count). The Labute approximate surface area is 145 Å². The van der Waals surface area contributed by atoms with Gasteiger partial charge in [-0.2, -0.15) is 0 Å². The Morgan fingerprint density at radius 1 is 1.43 bits per heavy atom. The molecule has 8 heteroatoms. The number of carboxylic acid groups (broad SMARTS) is 1. The number of hydrogen-bond acceptors (Lipinski definition) is 5. The van der Waals surface area contributed by atoms with Gasteiger partial charge in [-0.25, -0.2) is 4.98 Å². The summed E-state index contributed by atoms with van der Waals surface area (Å²) >= 11 is 5.09. The van der Waals surface area contributed by atoms with E-state index >= 15 is 0 Å². The molecule has 0 unspecified atom stereocenters. The molecule has 0 aliphatic rings. The van der Waals surface area contributed by atoms with E-state index in [4.69, 9.17) is 5.11 Å². The molecule has 0 radical (unpaired) electrons. The van der Waals surface area contributed by atoms with Gasteiger partial charge in [-0.05, 0) is 34.3 Å². The lowest BCUT2D eigenvalue weighted by Crippen LogP contribution is -2.04. The molecule has 3 aromatic rings. The predicted molar refractivity (Wildman–Crippen MR) is 92.5 cm³/mol. The highest BCUT2D eigenvalue weighted by Crippen LogP contribution is 2.33. The lowest BCUT2D eigenvalue weighted by atomic mass is 10.1. The molecule has 0 atom stereocenters. The average Bonchev–Trinajstić information content (AvgIpc) is 3.01. The fourth-order valence-corrected chi connectivity index (χ4v) is 3.12. The molecule has 23 heavy (non-hydrogen) atoms. The first kappa shape index (κ1) is 15.9. The highest BCUT2D eigenvalue weighted by atomic mass is 79.9. The Kier molecular flexibility index (Phi) is 4.63. The summed E-state index contributed by atoms with van der Waals surface area (Å²) in [5.74, 6) is -0.856. The van der Waals surface area contributed by atoms with Crippen LogP contribution in [0.1, 0.15) is 6.42 Å². The minimum atomic E-state index is -0.856. The van der Waals surface area contributed by atoms with E-state index < -0.39 is 5.97 Å². The lowest BCUT2D eigenvalue weighted by molar-refractivity contribution is -0.137. The molecule has 2 aromatic heterocycles. The van der Waals surface area contributed by atoms with Gasteiger partial charge in [-0.1, -0.05) is 17.3 Å². The van der Waals surface area contributed by atoms with Gasteiger partial charge < -0.3 is 5.11 Å². The van der Waals surface area contributed by atoms with Gasteiger partial charge in [0.05, 0.1) is 29.7 Å². The summed E-state index contributed by atoms with van der Waals surface area (Å²) in [6, 6.07) is 7.87. The Morgan fingerprint density at radius 2 is 2.26 bits per heavy atom. The second kappa shape index (κ2) is 6.67. The number of rotatable bonds is 5. The standard InChI is InChI=1S/C15H13BrN4O2S/c1-23-13-7-10(9-3-2-4-11(16)15(9)17-13)12-8-20(19-18-12)6-5-14(21)22/h2-4,7-8H,5-6H2,1H3,(H,21,22). The molecule has 0 spiro atoms. The van der Waals surface area contributed by atoms with Crippen LogP contribution in [0.25, 0.3) is 22.2 Å². The third kappa shape index (κ3) is 3.37. The predicted octanol–water partition coefficient (Wildman–Crippen LogP) is 3.45. The smallest absolute Gasteiger partial charge is 0.305 e. The Balaban J connectivity index is 2.08. The molecule has 2 heterocycles. The van der Waals surface area contributed by atoms with Gasteiger partial charge in [0.1, 0.15) is 5.69 Å². The molecular formula is C15H13BrN4O2S. The van der Waals surface area contributed by atoms with Crippen molar-refractivity contribution >= 4 is 44.6 Å². The van der Waals surface area contributed by atoms with Gasteiger partial charge in [-0.15, -0.1) is 16.9 Å². The van der Waals surface area contributed by atoms with Crippen LogP contribution in [-0.4, -0.2) is 37.3 Å². The zero-order valence-corrected chi connectivity index (χ0v) is 14.6. The number of aliphatic carboxylic acids is 1. The van der Waals surface area contributed by atoms with E-state index in [0.717, 1.165) is 26.0 Å². The first-order chi connectivity index (χ1) is 11.1. The van der Waals surface area contributed by atoms with Crippen LogP contribution in [0.15, 0.2) is 40.0 Å². The number of carboxylic acids is 1. The molecule has 118 valence electrons. The van der Waals surface area contributed by atoms with Crippen LogP contribution in [0.2, 0.25) is 0 Å². The topological polar surface area (TPSA) is 80.9 Å². The van der Waals surface area contributed by atoms with Crippen LogP contribution in [0, 0.1) is 0 Å². The van der Waals surface area contributed by atoms with E-state index in [9.17, 15) is 4.79 Å². The van der Waals surface area contributed by atoms with Crippen LogP contribution >= 0.6 is 27.7 Å². The number of nitrogens with zero attached hydrogens (tertiary/aromatic N) is 4. The van der Waals surface area contributed by atoms with E-state index in [-0.39, 0.29) is 6.42 Å². The summed E-state index contributed by atoms with van der Waals surface area (Å²) in [7, 11) is 0. The summed E-state index contributed by atoms with van der Waals surface area (Å²) < 4.78 is 2.47. The molecule has 0 fully saturated rings. The zero-order chi connectivity index (χ0) is 16.4. The van der Waals surface area contributed by atoms with Crippen molar-refractivity contribution in [1.82, 2.24) is 20.0 Å². The Hall–Kier alpha value is -1.93. The number of aryl methyl sites for hydroxylation is 1. The fraction of sp³-hybridized carbons (Fsp3) is 0.200. The van der Waals surface area contributed by atoms with Crippen molar-refractivity contribution in [1.29, 1.82) is 0 Å². The van der Waals surface area contributed by atoms with Gasteiger partial charge in [0.2, 0.25) is 0 Å². The van der Waals surface area contributed by atoms with E-state index in [2.05, 4.69) is 31.2 Å². The number of halogens is 1. The maximum atomic E-state index is 10.7. The van der Waals surface area contributed by atoms with E-state index in [1.165, 1.54) is 0 Å². The first-order valence-electron chi connectivity index (χ1n) is 6.84. The molecule has 0 amide bonds. The normalized spacial score (nSPS) is 11.0. The van der Waals surface area contributed by atoms with E-state index in [1.54, 1.807) is 22.6 Å². The Morgan fingerprint density at radius 3 is 3.00 bits per heavy atom. The summed E-state index contributed by atoms with van der Waals surface area (Å²) in [6.07, 6.45) is 3.75. The lowest BCUT2D eigenvalue weighted by Gasteiger charge is -2.07. The summed E-state index contributed by atoms with van der Waals surface area (Å²) in [5.41, 5.74) is 2.51. The third-order valence-electron chi connectivity index (χ3n) is 3.35. The molecule has 0 saturated carbocycles. The fourth-order valence-electron chi connectivity index (χ4n) is 2.25. The van der Waals surface area contributed by atoms with Crippen molar-refractivity contribution in [3.8, 4) is 11.3 Å². The van der Waals surface area contributed by atoms with Gasteiger partial charge in [0, 0.05) is 15.4 Å². The number of aromatic nitrogens is 4. The molecule has 0 saturated heterocycles. The minimum Gasteiger partial charge on any atom is -0.481 e. The maximum absolute atomic E-state index is 10.7. The number of hydrogen-bond donors (Lipinski definition) is 1. The molecular weight excluding hydrogens is 380 g/mol. The molecule has 1 N–H and O–H groups in total. The van der Waals surface area contributed by atoms with Crippen molar-refractivity contribution in [2.75, 3.05) is 6.26 Å². The molecule has 0 aliphatic carbocycles. The summed E-state index contributed by atoms with van der Waals surface area (Å²) in [6.45, 7) is 0.296. The highest BCUT2D eigenvalue weighted by Gasteiger charge is 2.13. The molecule has 1 aromatic carbocycles. The third-order valence-corrected chi connectivity index (χ3v) is 4.61. The van der Waals surface area contributed by atoms with Crippen LogP contribution in [0.3, 0.4) is 0 Å². The van der Waals surface area contributed by atoms with Gasteiger partial charge in [-0.3, -0.25) is 9.48 Å². The molecule has 6 nitrogen and oxygen atoms in total. The van der Waals surface area contributed by atoms with Crippen molar-refractivity contribution in [2.45, 2.75) is 18.0 Å². The van der Waals surface area contributed by atoms with Crippen molar-refractivity contribution < 1.29 is 9.90 Å². The highest BCUT2D eigenvalue weighted by molar-refractivity contribution is 9.10. The van der Waals surface area contributed by atoms with Crippen molar-refractivity contribution in [2.24, 2.45) is 0 Å². The molecule has 0 aliphatic heterocycles. The summed E-state index contributed by atoms with van der Waals surface area (Å²) in [4.78, 5) is 15.3. The Bertz CT molecular complexity index is 881. The van der Waals surface area contributed by atoms with Gasteiger partial charge >= 0.3 is 5.97 Å². The quantitative estimate of drug-likeness (QED) is 0.669. The number of thioether (sulfide) groups is 1. The number of carbonyl (C=O) groups is 1. The van der Waals surface area contributed by atoms with Gasteiger partial charge in [0.15, 0.2) is 0 Å². The second-order valence-electron chi connectivity index (χ2n) is 4.86. The zero-order valence-electron chi connectivity index (χ0n) is 12.2. The van der Waals surface area contributed by atoms with E-state index in [0.29, 0.717) is 12.2 Å². The van der Waals surface area contributed by atoms with Crippen molar-refractivity contribution in [3.05, 3.63) is 34.9 Å². The molecule has 0 bridgehead atoms. The minimum absolute atomic E-state index is 0.0154. The SMILES string of the molecule is CSc1cc(-c2cn(CCC(=O)O)nn2)c2cccc(Br)c2n1. The second-order valence-corrected chi connectivity index (χ2v) is 6.54. The van der Waals surface area contributed by atoms with Crippen molar-refractivity contribution in [3.63, 3.8) is 0 Å². The van der Waals surface area contributed by atoms with Gasteiger partial charge in [0.25, 0.3) is 0 Å². The van der Waals surface area contributed by atoms with E-state index in [1.807, 2.05) is 30.5 Å². The number of benzene rings is 1. The first-order valence-corrected chi connectivity index (χ1v) is 8.86. The van der Waals surface area contributed by atoms with Crippen LogP contribution in [0.4, 0.5) is 0 Å². The van der Waals surface area contributed by atoms with Crippen LogP contribution in [-0.2, 0) is 11.3 Å². The number of fused-ring (bicyclic) bond motifs is 1. The maximum Gasteiger partial charge on any atom is 0.305 e. The summed E-state index contributed by atoms with van der Waals surface area (Å²) in [5, 5.41) is 18.8. The number of para-hydroxylation sites is 1. The number of pyridine rings is 1. The largest absolute Gasteiger partial charge is 0.481 e. The average molecular weight is 393 g/mol. The monoisotopic (exact) mass is 392 g/mol.